The molecule has 1 saturated carbocycles. The van der Waals surface area contributed by atoms with Crippen LogP contribution in [0.5, 0.6) is 11.5 Å². The quantitative estimate of drug-likeness (QED) is 0.257. The molecule has 6 rings (SSSR count). The molecule has 0 saturated heterocycles. The molecular weight excluding hydrogens is 474 g/mol. The number of imidazole rings is 1. The number of halogens is 1. The average molecular weight is 496 g/mol. The Morgan fingerprint density at radius 3 is 2.78 bits per heavy atom. The van der Waals surface area contributed by atoms with Gasteiger partial charge in [0.2, 0.25) is 0 Å². The van der Waals surface area contributed by atoms with E-state index in [-0.39, 0.29) is 17.6 Å². The van der Waals surface area contributed by atoms with Gasteiger partial charge < -0.3 is 14.7 Å². The Balaban J connectivity index is 1.35. The van der Waals surface area contributed by atoms with Crippen LogP contribution in [0.3, 0.4) is 0 Å². The molecule has 3 aromatic heterocycles. The fourth-order valence-electron chi connectivity index (χ4n) is 5.01. The minimum absolute atomic E-state index is 0.0514. The van der Waals surface area contributed by atoms with Crippen molar-refractivity contribution < 1.29 is 9.53 Å². The van der Waals surface area contributed by atoms with Crippen LogP contribution in [0.1, 0.15) is 53.3 Å². The lowest BCUT2D eigenvalue weighted by atomic mass is 9.82. The Bertz CT molecular complexity index is 1630. The van der Waals surface area contributed by atoms with Gasteiger partial charge in [-0.2, -0.15) is 5.26 Å². The van der Waals surface area contributed by atoms with E-state index in [4.69, 9.17) is 21.3 Å². The van der Waals surface area contributed by atoms with Gasteiger partial charge in [-0.15, -0.1) is 0 Å². The van der Waals surface area contributed by atoms with Crippen LogP contribution < -0.4 is 4.74 Å². The van der Waals surface area contributed by atoms with Crippen LogP contribution in [0.25, 0.3) is 22.1 Å². The molecule has 0 amide bonds. The maximum atomic E-state index is 13.6. The number of aromatic amines is 2. The predicted octanol–water partition coefficient (Wildman–Crippen LogP) is 6.91. The van der Waals surface area contributed by atoms with Crippen molar-refractivity contribution in [3.05, 3.63) is 82.9 Å². The van der Waals surface area contributed by atoms with Crippen LogP contribution in [0.15, 0.2) is 60.9 Å². The topological polar surface area (TPSA) is 107 Å². The molecule has 8 heteroatoms. The smallest absolute Gasteiger partial charge is 0.196 e. The molecule has 1 fully saturated rings. The first-order valence-electron chi connectivity index (χ1n) is 11.9. The molecule has 3 heterocycles. The summed E-state index contributed by atoms with van der Waals surface area (Å²) in [5, 5.41) is 10.3. The second kappa shape index (κ2) is 9.14. The maximum absolute atomic E-state index is 13.6. The highest BCUT2D eigenvalue weighted by molar-refractivity contribution is 6.36. The number of nitrogens with one attached hydrogen (secondary N) is 2. The van der Waals surface area contributed by atoms with Crippen molar-refractivity contribution in [2.24, 2.45) is 5.92 Å². The largest absolute Gasteiger partial charge is 0.457 e. The van der Waals surface area contributed by atoms with Crippen molar-refractivity contribution >= 4 is 39.5 Å². The zero-order chi connectivity index (χ0) is 24.6. The molecule has 0 aliphatic heterocycles. The van der Waals surface area contributed by atoms with Gasteiger partial charge in [-0.25, -0.2) is 9.97 Å². The highest BCUT2D eigenvalue weighted by Gasteiger charge is 2.27. The number of hydrogen-bond acceptors (Lipinski definition) is 5. The molecule has 2 N–H and O–H groups in total. The molecule has 5 aromatic rings. The number of hydrogen-bond donors (Lipinski definition) is 2. The molecule has 1 aliphatic rings. The third-order valence-electron chi connectivity index (χ3n) is 6.82. The summed E-state index contributed by atoms with van der Waals surface area (Å²) in [5.74, 6) is 2.10. The van der Waals surface area contributed by atoms with Crippen molar-refractivity contribution in [2.45, 2.75) is 31.6 Å². The van der Waals surface area contributed by atoms with Gasteiger partial charge in [0.05, 0.1) is 33.8 Å². The van der Waals surface area contributed by atoms with Crippen LogP contribution >= 0.6 is 11.6 Å². The molecule has 2 aromatic carbocycles. The van der Waals surface area contributed by atoms with Crippen LogP contribution in [0, 0.1) is 17.2 Å². The van der Waals surface area contributed by atoms with E-state index in [2.05, 4.69) is 21.0 Å². The van der Waals surface area contributed by atoms with Gasteiger partial charge in [0.15, 0.2) is 5.78 Å². The van der Waals surface area contributed by atoms with E-state index >= 15 is 0 Å². The van der Waals surface area contributed by atoms with Crippen LogP contribution in [0.2, 0.25) is 5.02 Å². The van der Waals surface area contributed by atoms with Gasteiger partial charge >= 0.3 is 0 Å². The van der Waals surface area contributed by atoms with E-state index in [0.29, 0.717) is 44.2 Å². The number of fused-ring (bicyclic) bond motifs is 3. The summed E-state index contributed by atoms with van der Waals surface area (Å²) in [7, 11) is 0. The molecule has 0 radical (unpaired) electrons. The van der Waals surface area contributed by atoms with E-state index in [1.165, 1.54) is 0 Å². The number of para-hydroxylation sites is 1. The molecule has 2 atom stereocenters. The summed E-state index contributed by atoms with van der Waals surface area (Å²) < 4.78 is 5.84. The van der Waals surface area contributed by atoms with Crippen LogP contribution in [-0.2, 0) is 0 Å². The first-order valence-corrected chi connectivity index (χ1v) is 12.3. The third-order valence-corrected chi connectivity index (χ3v) is 7.13. The zero-order valence-corrected chi connectivity index (χ0v) is 20.0. The minimum Gasteiger partial charge on any atom is -0.457 e. The molecule has 0 bridgehead atoms. The summed E-state index contributed by atoms with van der Waals surface area (Å²) in [5.41, 5.74) is 2.87. The number of nitriles is 1. The summed E-state index contributed by atoms with van der Waals surface area (Å²) in [6.07, 6.45) is 7.10. The van der Waals surface area contributed by atoms with E-state index in [1.54, 1.807) is 30.6 Å². The Kier molecular flexibility index (Phi) is 5.67. The second-order valence-corrected chi connectivity index (χ2v) is 9.55. The normalized spacial score (nSPS) is 17.8. The van der Waals surface area contributed by atoms with E-state index in [0.717, 1.165) is 37.0 Å². The number of nitrogens with zero attached hydrogens (tertiary/aromatic N) is 3. The average Bonchev–Trinajstić information content (AvgIpc) is 3.53. The first-order chi connectivity index (χ1) is 17.6. The summed E-state index contributed by atoms with van der Waals surface area (Å²) in [6.45, 7) is 0. The number of ketones is 1. The Morgan fingerprint density at radius 1 is 1.11 bits per heavy atom. The fourth-order valence-corrected chi connectivity index (χ4v) is 5.27. The van der Waals surface area contributed by atoms with Crippen molar-refractivity contribution in [3.63, 3.8) is 0 Å². The maximum Gasteiger partial charge on any atom is 0.196 e. The van der Waals surface area contributed by atoms with Crippen LogP contribution in [-0.4, -0.2) is 25.7 Å². The summed E-state index contributed by atoms with van der Waals surface area (Å²) in [4.78, 5) is 29.5. The predicted molar refractivity (Wildman–Crippen MR) is 137 cm³/mol. The number of benzene rings is 2. The number of carbonyl (C=O) groups excluding carboxylic acids is 1. The van der Waals surface area contributed by atoms with Gasteiger partial charge in [-0.1, -0.05) is 36.2 Å². The zero-order valence-electron chi connectivity index (χ0n) is 19.3. The van der Waals surface area contributed by atoms with E-state index in [1.807, 2.05) is 30.3 Å². The number of H-pyrrole nitrogens is 2. The molecular formula is C28H22ClN5O2. The van der Waals surface area contributed by atoms with Gasteiger partial charge in [0, 0.05) is 29.7 Å². The van der Waals surface area contributed by atoms with E-state index in [9.17, 15) is 10.1 Å². The van der Waals surface area contributed by atoms with Crippen LogP contribution in [0.4, 0.5) is 0 Å². The van der Waals surface area contributed by atoms with Crippen molar-refractivity contribution in [3.8, 4) is 17.6 Å². The third kappa shape index (κ3) is 4.00. The Morgan fingerprint density at radius 2 is 1.97 bits per heavy atom. The van der Waals surface area contributed by atoms with Gasteiger partial charge in [0.1, 0.15) is 28.5 Å². The molecule has 7 nitrogen and oxygen atoms in total. The van der Waals surface area contributed by atoms with Crippen molar-refractivity contribution in [1.29, 1.82) is 5.26 Å². The highest BCUT2D eigenvalue weighted by Crippen LogP contribution is 2.37. The summed E-state index contributed by atoms with van der Waals surface area (Å²) >= 11 is 6.54. The minimum atomic E-state index is -0.224. The number of ether oxygens (including phenoxy) is 1. The summed E-state index contributed by atoms with van der Waals surface area (Å²) in [6, 6.07) is 16.8. The number of aromatic nitrogens is 4. The number of rotatable bonds is 5. The van der Waals surface area contributed by atoms with Crippen molar-refractivity contribution in [1.82, 2.24) is 19.9 Å². The van der Waals surface area contributed by atoms with Gasteiger partial charge in [-0.05, 0) is 43.5 Å². The highest BCUT2D eigenvalue weighted by atomic mass is 35.5. The molecule has 36 heavy (non-hydrogen) atoms. The molecule has 178 valence electrons. The van der Waals surface area contributed by atoms with Gasteiger partial charge in [0.25, 0.3) is 0 Å². The van der Waals surface area contributed by atoms with Crippen molar-refractivity contribution in [2.75, 3.05) is 0 Å². The molecule has 0 spiro atoms. The number of pyridine rings is 1. The second-order valence-electron chi connectivity index (χ2n) is 9.14. The standard InChI is InChI=1S/C28H22ClN5O2/c29-22-12-19(36-18-7-2-1-3-8-18)9-10-20(22)26(35)21-14-31-28-24(21)25-23(15-32-28)33-27(34-25)17-6-4-5-16(11-17)13-30/h1-3,7-10,12,14-17H,4-6,11H2,(H,31,32)(H,33,34). The molecule has 2 unspecified atom stereocenters. The lowest BCUT2D eigenvalue weighted by Gasteiger charge is -2.23. The lowest BCUT2D eigenvalue weighted by Crippen LogP contribution is -2.13. The SMILES string of the molecule is N#CC1CCCC(c2nc3c(cnc4[nH]cc(C(=O)c5ccc(Oc6ccccc6)cc5Cl)c43)[nH]2)C1. The Hall–Kier alpha value is -4.15. The Labute approximate surface area is 212 Å². The number of carbonyl (C=O) groups is 1. The fraction of sp³-hybridized carbons (Fsp3) is 0.214. The van der Waals surface area contributed by atoms with E-state index < -0.39 is 0 Å². The molecule has 1 aliphatic carbocycles. The lowest BCUT2D eigenvalue weighted by molar-refractivity contribution is 0.104. The van der Waals surface area contributed by atoms with Gasteiger partial charge in [-0.3, -0.25) is 4.79 Å². The monoisotopic (exact) mass is 495 g/mol. The first kappa shape index (κ1) is 22.3.